The number of nitrogens with one attached hydrogen (secondary N) is 1. The van der Waals surface area contributed by atoms with Gasteiger partial charge in [-0.15, -0.1) is 0 Å². The van der Waals surface area contributed by atoms with Crippen LogP contribution in [-0.4, -0.2) is 67.0 Å². The highest BCUT2D eigenvalue weighted by Crippen LogP contribution is 2.21. The fraction of sp³-hybridized carbons (Fsp3) is 0.440. The molecule has 4 rings (SSSR count). The maximum Gasteiger partial charge on any atom is 0.256 e. The van der Waals surface area contributed by atoms with Gasteiger partial charge in [-0.25, -0.2) is 8.78 Å². The van der Waals surface area contributed by atoms with E-state index in [1.165, 1.54) is 10.5 Å². The van der Waals surface area contributed by atoms with E-state index in [0.717, 1.165) is 31.8 Å². The number of rotatable bonds is 6. The van der Waals surface area contributed by atoms with Gasteiger partial charge in [0.2, 0.25) is 5.91 Å². The molecular weight excluding hydrogens is 428 g/mol. The summed E-state index contributed by atoms with van der Waals surface area (Å²) in [6.07, 6.45) is 0.951. The van der Waals surface area contributed by atoms with E-state index in [0.29, 0.717) is 45.1 Å². The molecule has 1 N–H and O–H groups in total. The Morgan fingerprint density at radius 3 is 2.52 bits per heavy atom. The summed E-state index contributed by atoms with van der Waals surface area (Å²) in [4.78, 5) is 29.1. The molecule has 0 aromatic heterocycles. The Morgan fingerprint density at radius 1 is 1.03 bits per heavy atom. The van der Waals surface area contributed by atoms with Gasteiger partial charge in [-0.05, 0) is 30.5 Å². The number of halogens is 2. The van der Waals surface area contributed by atoms with Gasteiger partial charge in [-0.3, -0.25) is 14.5 Å². The molecule has 0 bridgehead atoms. The Bertz CT molecular complexity index is 965. The molecule has 2 fully saturated rings. The number of carbonyl (C=O) groups excluding carboxylic acids is 2. The molecule has 8 heteroatoms. The number of hydrogen-bond donors (Lipinski definition) is 1. The predicted octanol–water partition coefficient (Wildman–Crippen LogP) is 2.83. The molecule has 176 valence electrons. The third kappa shape index (κ3) is 6.15. The van der Waals surface area contributed by atoms with Crippen LogP contribution in [0.4, 0.5) is 8.78 Å². The van der Waals surface area contributed by atoms with Crippen molar-refractivity contribution in [2.75, 3.05) is 39.3 Å². The Balaban J connectivity index is 1.21. The molecule has 6 nitrogen and oxygen atoms in total. The first kappa shape index (κ1) is 23.3. The second kappa shape index (κ2) is 10.9. The van der Waals surface area contributed by atoms with Crippen molar-refractivity contribution in [2.24, 2.45) is 5.92 Å². The zero-order valence-corrected chi connectivity index (χ0v) is 18.5. The highest BCUT2D eigenvalue weighted by molar-refractivity contribution is 5.94. The number of carbonyl (C=O) groups is 2. The first-order valence-corrected chi connectivity index (χ1v) is 11.4. The van der Waals surface area contributed by atoms with Crippen LogP contribution >= 0.6 is 0 Å². The fourth-order valence-corrected chi connectivity index (χ4v) is 4.43. The van der Waals surface area contributed by atoms with E-state index in [4.69, 9.17) is 4.74 Å². The average molecular weight is 458 g/mol. The smallest absolute Gasteiger partial charge is 0.256 e. The molecule has 0 aliphatic carbocycles. The number of amides is 2. The van der Waals surface area contributed by atoms with E-state index in [9.17, 15) is 18.4 Å². The van der Waals surface area contributed by atoms with Gasteiger partial charge in [0.1, 0.15) is 11.6 Å². The van der Waals surface area contributed by atoms with Gasteiger partial charge in [0.25, 0.3) is 5.91 Å². The van der Waals surface area contributed by atoms with E-state index < -0.39 is 17.5 Å². The second-order valence-corrected chi connectivity index (χ2v) is 8.65. The Kier molecular flexibility index (Phi) is 7.67. The summed E-state index contributed by atoms with van der Waals surface area (Å²) < 4.78 is 32.8. The maximum absolute atomic E-state index is 13.9. The highest BCUT2D eigenvalue weighted by Gasteiger charge is 2.29. The molecule has 1 atom stereocenters. The van der Waals surface area contributed by atoms with E-state index >= 15 is 0 Å². The third-order valence-corrected chi connectivity index (χ3v) is 6.29. The molecule has 0 radical (unpaired) electrons. The zero-order chi connectivity index (χ0) is 23.2. The Labute approximate surface area is 192 Å². The largest absolute Gasteiger partial charge is 0.374 e. The molecule has 2 heterocycles. The monoisotopic (exact) mass is 457 g/mol. The summed E-state index contributed by atoms with van der Waals surface area (Å²) in [6, 6.07) is 13.2. The molecule has 0 saturated carbocycles. The van der Waals surface area contributed by atoms with E-state index in [1.807, 2.05) is 18.2 Å². The van der Waals surface area contributed by atoms with Gasteiger partial charge in [-0.2, -0.15) is 0 Å². The number of ether oxygens (including phenoxy) is 1. The lowest BCUT2D eigenvalue weighted by Gasteiger charge is -2.34. The molecule has 2 saturated heterocycles. The van der Waals surface area contributed by atoms with Crippen molar-refractivity contribution in [2.45, 2.75) is 25.5 Å². The number of nitrogens with zero attached hydrogens (tertiary/aromatic N) is 2. The lowest BCUT2D eigenvalue weighted by atomic mass is 9.95. The predicted molar refractivity (Wildman–Crippen MR) is 119 cm³/mol. The van der Waals surface area contributed by atoms with Crippen molar-refractivity contribution in [3.63, 3.8) is 0 Å². The quantitative estimate of drug-likeness (QED) is 0.725. The van der Waals surface area contributed by atoms with E-state index in [1.54, 1.807) is 0 Å². The van der Waals surface area contributed by atoms with E-state index in [2.05, 4.69) is 22.3 Å². The highest BCUT2D eigenvalue weighted by atomic mass is 19.1. The molecule has 1 unspecified atom stereocenters. The molecule has 2 amide bonds. The molecular formula is C25H29F2N3O3. The van der Waals surface area contributed by atoms with Crippen molar-refractivity contribution < 1.29 is 23.1 Å². The second-order valence-electron chi connectivity index (χ2n) is 8.65. The molecule has 0 spiro atoms. The lowest BCUT2D eigenvalue weighted by Crippen LogP contribution is -2.49. The normalized spacial score (nSPS) is 19.9. The van der Waals surface area contributed by atoms with Gasteiger partial charge < -0.3 is 15.0 Å². The Hall–Kier alpha value is -2.84. The standard InChI is InChI=1S/C25H29F2N3O3/c26-20-6-7-22(23(27)14-20)25(32)30-10-8-19(9-11-30)24(31)28-15-21-17-29(12-13-33-21)16-18-4-2-1-3-5-18/h1-7,14,19,21H,8-13,15-17H2,(H,28,31). The topological polar surface area (TPSA) is 61.9 Å². The van der Waals surface area contributed by atoms with Crippen molar-refractivity contribution in [3.05, 3.63) is 71.3 Å². The minimum atomic E-state index is -0.867. The number of hydrogen-bond acceptors (Lipinski definition) is 4. The van der Waals surface area contributed by atoms with Crippen LogP contribution in [0.15, 0.2) is 48.5 Å². The van der Waals surface area contributed by atoms with Gasteiger partial charge in [-0.1, -0.05) is 30.3 Å². The van der Waals surface area contributed by atoms with Crippen LogP contribution in [0.5, 0.6) is 0 Å². The fourth-order valence-electron chi connectivity index (χ4n) is 4.43. The Morgan fingerprint density at radius 2 is 1.79 bits per heavy atom. The van der Waals surface area contributed by atoms with Crippen LogP contribution in [0.1, 0.15) is 28.8 Å². The molecule has 2 aromatic carbocycles. The minimum absolute atomic E-state index is 0.0427. The van der Waals surface area contributed by atoms with Crippen molar-refractivity contribution >= 4 is 11.8 Å². The van der Waals surface area contributed by atoms with Crippen LogP contribution in [0.2, 0.25) is 0 Å². The van der Waals surface area contributed by atoms with Gasteiger partial charge >= 0.3 is 0 Å². The van der Waals surface area contributed by atoms with Gasteiger partial charge in [0, 0.05) is 51.3 Å². The molecule has 2 aliphatic rings. The third-order valence-electron chi connectivity index (χ3n) is 6.29. The van der Waals surface area contributed by atoms with E-state index in [-0.39, 0.29) is 23.5 Å². The number of likely N-dealkylation sites (tertiary alicyclic amines) is 1. The van der Waals surface area contributed by atoms with Crippen LogP contribution in [0.3, 0.4) is 0 Å². The summed E-state index contributed by atoms with van der Waals surface area (Å²) in [5, 5.41) is 3.00. The number of morpholine rings is 1. The first-order chi connectivity index (χ1) is 16.0. The molecule has 2 aromatic rings. The van der Waals surface area contributed by atoms with Gasteiger partial charge in [0.15, 0.2) is 0 Å². The van der Waals surface area contributed by atoms with Gasteiger partial charge in [0.05, 0.1) is 18.3 Å². The van der Waals surface area contributed by atoms with Crippen molar-refractivity contribution in [1.82, 2.24) is 15.1 Å². The van der Waals surface area contributed by atoms with Crippen LogP contribution in [0, 0.1) is 17.6 Å². The molecule has 2 aliphatic heterocycles. The first-order valence-electron chi connectivity index (χ1n) is 11.4. The van der Waals surface area contributed by atoms with Crippen molar-refractivity contribution in [3.8, 4) is 0 Å². The maximum atomic E-state index is 13.9. The summed E-state index contributed by atoms with van der Waals surface area (Å²) in [6.45, 7) is 4.27. The zero-order valence-electron chi connectivity index (χ0n) is 18.5. The lowest BCUT2D eigenvalue weighted by molar-refractivity contribution is -0.127. The number of benzene rings is 2. The molecule has 33 heavy (non-hydrogen) atoms. The summed E-state index contributed by atoms with van der Waals surface area (Å²) in [5.41, 5.74) is 1.11. The van der Waals surface area contributed by atoms with Crippen LogP contribution in [-0.2, 0) is 16.1 Å². The summed E-state index contributed by atoms with van der Waals surface area (Å²) in [5.74, 6) is -2.30. The minimum Gasteiger partial charge on any atom is -0.374 e. The summed E-state index contributed by atoms with van der Waals surface area (Å²) in [7, 11) is 0. The SMILES string of the molecule is O=C(NCC1CN(Cc2ccccc2)CCO1)C1CCN(C(=O)c2ccc(F)cc2F)CC1. The van der Waals surface area contributed by atoms with Crippen molar-refractivity contribution in [1.29, 1.82) is 0 Å². The van der Waals surface area contributed by atoms with Crippen LogP contribution in [0.25, 0.3) is 0 Å². The number of piperidine rings is 1. The van der Waals surface area contributed by atoms with Crippen LogP contribution < -0.4 is 5.32 Å². The average Bonchev–Trinajstić information content (AvgIpc) is 2.83. The summed E-state index contributed by atoms with van der Waals surface area (Å²) >= 11 is 0.